The highest BCUT2D eigenvalue weighted by Crippen LogP contribution is 2.28. The number of nitrogens with zero attached hydrogens (tertiary/aromatic N) is 1. The minimum absolute atomic E-state index is 0.133. The molecule has 0 spiro atoms. The number of nitrogens with one attached hydrogen (secondary N) is 1. The molecule has 19 heavy (non-hydrogen) atoms. The van der Waals surface area contributed by atoms with E-state index in [9.17, 15) is 4.39 Å². The number of piperazine rings is 1. The highest BCUT2D eigenvalue weighted by molar-refractivity contribution is 9.10. The van der Waals surface area contributed by atoms with Crippen molar-refractivity contribution in [1.29, 1.82) is 0 Å². The normalized spacial score (nSPS) is 24.0. The lowest BCUT2D eigenvalue weighted by molar-refractivity contribution is 0.323. The second-order valence-electron chi connectivity index (χ2n) is 5.57. The zero-order valence-electron chi connectivity index (χ0n) is 11.8. The second-order valence-corrected chi connectivity index (χ2v) is 6.48. The van der Waals surface area contributed by atoms with Crippen LogP contribution >= 0.6 is 15.9 Å². The third-order valence-corrected chi connectivity index (χ3v) is 4.44. The fourth-order valence-corrected chi connectivity index (χ4v) is 2.98. The highest BCUT2D eigenvalue weighted by Gasteiger charge is 2.29. The summed E-state index contributed by atoms with van der Waals surface area (Å²) in [7, 11) is 0. The Balaban J connectivity index is 2.29. The molecule has 0 saturated carbocycles. The van der Waals surface area contributed by atoms with Gasteiger partial charge in [0.2, 0.25) is 0 Å². The van der Waals surface area contributed by atoms with Gasteiger partial charge in [-0.3, -0.25) is 0 Å². The maximum absolute atomic E-state index is 14.1. The fraction of sp³-hybridized carbons (Fsp3) is 0.600. The van der Waals surface area contributed by atoms with E-state index in [1.165, 1.54) is 0 Å². The quantitative estimate of drug-likeness (QED) is 0.907. The van der Waals surface area contributed by atoms with Gasteiger partial charge in [0.05, 0.1) is 5.69 Å². The minimum Gasteiger partial charge on any atom is -0.363 e. The number of hydrogen-bond donors (Lipinski definition) is 1. The van der Waals surface area contributed by atoms with Crippen LogP contribution < -0.4 is 10.2 Å². The lowest BCUT2D eigenvalue weighted by atomic mass is 9.97. The Morgan fingerprint density at radius 1 is 1.47 bits per heavy atom. The van der Waals surface area contributed by atoms with Crippen molar-refractivity contribution in [3.05, 3.63) is 28.5 Å². The van der Waals surface area contributed by atoms with Crippen molar-refractivity contribution in [3.8, 4) is 0 Å². The first kappa shape index (κ1) is 14.8. The van der Waals surface area contributed by atoms with E-state index in [-0.39, 0.29) is 5.82 Å². The van der Waals surface area contributed by atoms with Gasteiger partial charge in [0.15, 0.2) is 0 Å². The zero-order chi connectivity index (χ0) is 14.0. The summed E-state index contributed by atoms with van der Waals surface area (Å²) in [5.74, 6) is 0.418. The molecule has 1 aromatic carbocycles. The molecule has 0 amide bonds. The molecular formula is C15H22BrFN2. The smallest absolute Gasteiger partial charge is 0.146 e. The van der Waals surface area contributed by atoms with Crippen molar-refractivity contribution in [3.63, 3.8) is 0 Å². The van der Waals surface area contributed by atoms with Crippen LogP contribution in [0.25, 0.3) is 0 Å². The van der Waals surface area contributed by atoms with Gasteiger partial charge >= 0.3 is 0 Å². The second kappa shape index (κ2) is 6.23. The average Bonchev–Trinajstić information content (AvgIpc) is 2.40. The molecule has 1 aliphatic rings. The van der Waals surface area contributed by atoms with E-state index >= 15 is 0 Å². The van der Waals surface area contributed by atoms with Crippen LogP contribution in [0.5, 0.6) is 0 Å². The van der Waals surface area contributed by atoms with Gasteiger partial charge in [-0.25, -0.2) is 4.39 Å². The molecule has 2 unspecified atom stereocenters. The van der Waals surface area contributed by atoms with Crippen LogP contribution in [0.4, 0.5) is 10.1 Å². The first-order valence-electron chi connectivity index (χ1n) is 6.98. The monoisotopic (exact) mass is 328 g/mol. The molecule has 0 aliphatic carbocycles. The van der Waals surface area contributed by atoms with Crippen LogP contribution in [0.1, 0.15) is 27.2 Å². The summed E-state index contributed by atoms with van der Waals surface area (Å²) in [6.45, 7) is 8.36. The number of anilines is 1. The van der Waals surface area contributed by atoms with Crippen molar-refractivity contribution in [2.24, 2.45) is 5.92 Å². The van der Waals surface area contributed by atoms with Gasteiger partial charge in [0.1, 0.15) is 5.82 Å². The van der Waals surface area contributed by atoms with Crippen LogP contribution in [0.3, 0.4) is 0 Å². The lowest BCUT2D eigenvalue weighted by Gasteiger charge is -2.43. The van der Waals surface area contributed by atoms with Crippen molar-refractivity contribution < 1.29 is 4.39 Å². The summed E-state index contributed by atoms with van der Waals surface area (Å²) in [5.41, 5.74) is 0.716. The zero-order valence-corrected chi connectivity index (χ0v) is 13.4. The molecule has 1 N–H and O–H groups in total. The molecule has 4 heteroatoms. The summed E-state index contributed by atoms with van der Waals surface area (Å²) < 4.78 is 15.0. The molecule has 1 aliphatic heterocycles. The Labute approximate surface area is 123 Å². The predicted molar refractivity (Wildman–Crippen MR) is 82.2 cm³/mol. The lowest BCUT2D eigenvalue weighted by Crippen LogP contribution is -2.58. The van der Waals surface area contributed by atoms with Gasteiger partial charge < -0.3 is 10.2 Å². The van der Waals surface area contributed by atoms with Gasteiger partial charge in [-0.15, -0.1) is 0 Å². The summed E-state index contributed by atoms with van der Waals surface area (Å²) in [6, 6.07) is 5.96. The van der Waals surface area contributed by atoms with Crippen LogP contribution in [0, 0.1) is 11.7 Å². The van der Waals surface area contributed by atoms with E-state index in [4.69, 9.17) is 0 Å². The molecule has 2 nitrogen and oxygen atoms in total. The molecule has 1 fully saturated rings. The molecule has 1 heterocycles. The molecule has 0 bridgehead atoms. The average molecular weight is 329 g/mol. The van der Waals surface area contributed by atoms with E-state index in [0.717, 1.165) is 24.0 Å². The molecule has 2 atom stereocenters. The summed E-state index contributed by atoms with van der Waals surface area (Å²) >= 11 is 3.44. The van der Waals surface area contributed by atoms with Crippen molar-refractivity contribution in [2.75, 3.05) is 18.0 Å². The predicted octanol–water partition coefficient (Wildman–Crippen LogP) is 3.80. The van der Waals surface area contributed by atoms with Crippen molar-refractivity contribution in [1.82, 2.24) is 5.32 Å². The molecule has 1 aromatic rings. The Hall–Kier alpha value is -0.610. The van der Waals surface area contributed by atoms with E-state index < -0.39 is 0 Å². The van der Waals surface area contributed by atoms with Gasteiger partial charge in [-0.2, -0.15) is 0 Å². The third-order valence-electron chi connectivity index (χ3n) is 3.94. The van der Waals surface area contributed by atoms with Crippen LogP contribution in [-0.2, 0) is 0 Å². The fourth-order valence-electron chi connectivity index (χ4n) is 2.64. The van der Waals surface area contributed by atoms with E-state index in [0.29, 0.717) is 23.7 Å². The Bertz CT molecular complexity index is 436. The van der Waals surface area contributed by atoms with Gasteiger partial charge in [-0.05, 0) is 30.5 Å². The van der Waals surface area contributed by atoms with E-state index in [2.05, 4.69) is 46.9 Å². The SMILES string of the molecule is CCC1CNC(C(C)C)CN1c1cc(Br)ccc1F. The van der Waals surface area contributed by atoms with Crippen molar-refractivity contribution >= 4 is 21.6 Å². The van der Waals surface area contributed by atoms with Gasteiger partial charge in [-0.1, -0.05) is 36.7 Å². The van der Waals surface area contributed by atoms with Crippen LogP contribution in [0.15, 0.2) is 22.7 Å². The number of rotatable bonds is 3. The Morgan fingerprint density at radius 3 is 2.84 bits per heavy atom. The summed E-state index contributed by atoms with van der Waals surface area (Å²) in [4.78, 5) is 2.22. The molecular weight excluding hydrogens is 307 g/mol. The first-order valence-corrected chi connectivity index (χ1v) is 7.77. The first-order chi connectivity index (χ1) is 9.02. The Morgan fingerprint density at radius 2 is 2.21 bits per heavy atom. The van der Waals surface area contributed by atoms with E-state index in [1.54, 1.807) is 12.1 Å². The Kier molecular flexibility index (Phi) is 4.85. The molecule has 0 aromatic heterocycles. The van der Waals surface area contributed by atoms with Crippen LogP contribution in [0.2, 0.25) is 0 Å². The standard InChI is InChI=1S/C15H22BrFN2/c1-4-12-8-18-14(10(2)3)9-19(12)15-7-11(16)5-6-13(15)17/h5-7,10,12,14,18H,4,8-9H2,1-3H3. The van der Waals surface area contributed by atoms with Gasteiger partial charge in [0, 0.05) is 29.6 Å². The summed E-state index contributed by atoms with van der Waals surface area (Å²) in [5, 5.41) is 3.58. The third kappa shape index (κ3) is 3.29. The maximum Gasteiger partial charge on any atom is 0.146 e. The topological polar surface area (TPSA) is 15.3 Å². The van der Waals surface area contributed by atoms with Crippen LogP contribution in [-0.4, -0.2) is 25.2 Å². The number of hydrogen-bond acceptors (Lipinski definition) is 2. The van der Waals surface area contributed by atoms with Crippen molar-refractivity contribution in [2.45, 2.75) is 39.3 Å². The molecule has 0 radical (unpaired) electrons. The largest absolute Gasteiger partial charge is 0.363 e. The number of benzene rings is 1. The minimum atomic E-state index is -0.133. The highest BCUT2D eigenvalue weighted by atomic mass is 79.9. The molecule has 106 valence electrons. The summed E-state index contributed by atoms with van der Waals surface area (Å²) in [6.07, 6.45) is 1.02. The number of halogens is 2. The molecule has 1 saturated heterocycles. The maximum atomic E-state index is 14.1. The molecule has 2 rings (SSSR count). The van der Waals surface area contributed by atoms with Gasteiger partial charge in [0.25, 0.3) is 0 Å². The van der Waals surface area contributed by atoms with E-state index in [1.807, 2.05) is 6.07 Å².